The first kappa shape index (κ1) is 20.6. The molecule has 1 aliphatic heterocycles. The van der Waals surface area contributed by atoms with Gasteiger partial charge in [-0.1, -0.05) is 5.21 Å². The molecule has 9 heteroatoms. The normalized spacial score (nSPS) is 16.7. The molecule has 1 saturated carbocycles. The lowest BCUT2D eigenvalue weighted by molar-refractivity contribution is 0.0947. The van der Waals surface area contributed by atoms with Crippen LogP contribution in [0.15, 0.2) is 36.8 Å². The fourth-order valence-corrected chi connectivity index (χ4v) is 3.95. The van der Waals surface area contributed by atoms with Gasteiger partial charge < -0.3 is 16.0 Å². The van der Waals surface area contributed by atoms with Crippen molar-refractivity contribution in [2.45, 2.75) is 44.7 Å². The van der Waals surface area contributed by atoms with Crippen molar-refractivity contribution < 1.29 is 9.18 Å². The van der Waals surface area contributed by atoms with Gasteiger partial charge in [0.2, 0.25) is 0 Å². The Kier molecular flexibility index (Phi) is 5.57. The number of halogens is 1. The van der Waals surface area contributed by atoms with Crippen molar-refractivity contribution in [2.24, 2.45) is 0 Å². The number of aryl methyl sites for hydroxylation is 1. The zero-order valence-corrected chi connectivity index (χ0v) is 17.9. The number of nitrogens with one attached hydrogen (secondary N) is 3. The average molecular weight is 436 g/mol. The van der Waals surface area contributed by atoms with E-state index in [4.69, 9.17) is 0 Å². The number of benzene rings is 1. The number of aromatic nitrogens is 4. The molecule has 1 aliphatic carbocycles. The van der Waals surface area contributed by atoms with Crippen molar-refractivity contribution in [2.75, 3.05) is 18.4 Å². The number of hydrogen-bond acceptors (Lipinski definition) is 6. The van der Waals surface area contributed by atoms with Crippen LogP contribution in [-0.2, 0) is 0 Å². The molecule has 0 bridgehead atoms. The van der Waals surface area contributed by atoms with Crippen molar-refractivity contribution in [1.82, 2.24) is 30.6 Å². The maximum atomic E-state index is 14.4. The predicted octanol–water partition coefficient (Wildman–Crippen LogP) is 2.83. The molecular formula is C23H26FN7O. The van der Waals surface area contributed by atoms with Crippen molar-refractivity contribution in [3.05, 3.63) is 53.7 Å². The average Bonchev–Trinajstić information content (AvgIpc) is 3.46. The van der Waals surface area contributed by atoms with Crippen molar-refractivity contribution in [3.8, 4) is 16.9 Å². The van der Waals surface area contributed by atoms with Gasteiger partial charge in [-0.25, -0.2) is 9.07 Å². The summed E-state index contributed by atoms with van der Waals surface area (Å²) in [4.78, 5) is 16.8. The van der Waals surface area contributed by atoms with Gasteiger partial charge in [-0.3, -0.25) is 9.78 Å². The van der Waals surface area contributed by atoms with Crippen LogP contribution >= 0.6 is 0 Å². The van der Waals surface area contributed by atoms with E-state index in [-0.39, 0.29) is 11.6 Å². The van der Waals surface area contributed by atoms with Crippen molar-refractivity contribution in [3.63, 3.8) is 0 Å². The minimum absolute atomic E-state index is 0.0179. The Morgan fingerprint density at radius 2 is 1.94 bits per heavy atom. The zero-order valence-electron chi connectivity index (χ0n) is 17.9. The summed E-state index contributed by atoms with van der Waals surface area (Å²) in [6, 6.07) is 5.49. The molecule has 1 aromatic carbocycles. The number of carbonyl (C=O) groups is 1. The van der Waals surface area contributed by atoms with Crippen LogP contribution < -0.4 is 16.0 Å². The van der Waals surface area contributed by atoms with E-state index in [2.05, 4.69) is 31.2 Å². The summed E-state index contributed by atoms with van der Waals surface area (Å²) >= 11 is 0. The van der Waals surface area contributed by atoms with E-state index in [0.29, 0.717) is 23.0 Å². The highest BCUT2D eigenvalue weighted by Gasteiger charge is 2.26. The molecule has 0 unspecified atom stereocenters. The van der Waals surface area contributed by atoms with E-state index < -0.39 is 11.7 Å². The highest BCUT2D eigenvalue weighted by atomic mass is 19.1. The number of piperidine rings is 1. The standard InChI is InChI=1S/C23H26FN7O/c1-14-8-20(24)19(23(32)28-16-2-3-16)10-22(14)31-13-21(29-30-31)15-9-18(12-26-11-15)27-17-4-6-25-7-5-17/h8-13,16-17,25,27H,2-7H2,1H3,(H,28,32). The first-order valence-electron chi connectivity index (χ1n) is 11.0. The molecule has 2 aromatic heterocycles. The number of rotatable bonds is 6. The minimum Gasteiger partial charge on any atom is -0.381 e. The second-order valence-corrected chi connectivity index (χ2v) is 8.55. The number of amides is 1. The number of nitrogens with zero attached hydrogens (tertiary/aromatic N) is 4. The largest absolute Gasteiger partial charge is 0.381 e. The van der Waals surface area contributed by atoms with Crippen LogP contribution in [0.1, 0.15) is 41.6 Å². The lowest BCUT2D eigenvalue weighted by Crippen LogP contribution is -2.35. The number of hydrogen-bond donors (Lipinski definition) is 3. The quantitative estimate of drug-likeness (QED) is 0.551. The molecule has 3 aromatic rings. The summed E-state index contributed by atoms with van der Waals surface area (Å²) in [6.07, 6.45) is 9.35. The molecule has 3 heterocycles. The van der Waals surface area contributed by atoms with Crippen LogP contribution in [0.3, 0.4) is 0 Å². The molecular weight excluding hydrogens is 409 g/mol. The van der Waals surface area contributed by atoms with Crippen LogP contribution in [0.25, 0.3) is 16.9 Å². The number of carbonyl (C=O) groups excluding carboxylic acids is 1. The number of pyridine rings is 1. The summed E-state index contributed by atoms with van der Waals surface area (Å²) in [5, 5.41) is 18.3. The second-order valence-electron chi connectivity index (χ2n) is 8.55. The second kappa shape index (κ2) is 8.66. The highest BCUT2D eigenvalue weighted by Crippen LogP contribution is 2.25. The Labute approximate surface area is 185 Å². The molecule has 0 radical (unpaired) electrons. The summed E-state index contributed by atoms with van der Waals surface area (Å²) in [5.41, 5.74) is 3.73. The smallest absolute Gasteiger partial charge is 0.254 e. The fraction of sp³-hybridized carbons (Fsp3) is 0.391. The van der Waals surface area contributed by atoms with E-state index >= 15 is 0 Å². The summed E-state index contributed by atoms with van der Waals surface area (Å²) in [7, 11) is 0. The first-order valence-corrected chi connectivity index (χ1v) is 11.0. The third-order valence-electron chi connectivity index (χ3n) is 5.93. The molecule has 8 nitrogen and oxygen atoms in total. The Morgan fingerprint density at radius 3 is 2.72 bits per heavy atom. The molecule has 32 heavy (non-hydrogen) atoms. The Hall–Kier alpha value is -3.33. The fourth-order valence-electron chi connectivity index (χ4n) is 3.95. The molecule has 2 fully saturated rings. The van der Waals surface area contributed by atoms with E-state index in [0.717, 1.165) is 50.0 Å². The van der Waals surface area contributed by atoms with E-state index in [9.17, 15) is 9.18 Å². The van der Waals surface area contributed by atoms with Gasteiger partial charge in [0.05, 0.1) is 23.1 Å². The predicted molar refractivity (Wildman–Crippen MR) is 119 cm³/mol. The van der Waals surface area contributed by atoms with Gasteiger partial charge in [0, 0.05) is 30.0 Å². The number of anilines is 1. The topological polar surface area (TPSA) is 96.8 Å². The van der Waals surface area contributed by atoms with Gasteiger partial charge in [-0.15, -0.1) is 5.10 Å². The Morgan fingerprint density at radius 1 is 1.12 bits per heavy atom. The Bertz CT molecular complexity index is 1140. The van der Waals surface area contributed by atoms with E-state index in [1.807, 2.05) is 12.3 Å². The Balaban J connectivity index is 1.39. The van der Waals surface area contributed by atoms with Gasteiger partial charge in [0.25, 0.3) is 5.91 Å². The minimum atomic E-state index is -0.536. The zero-order chi connectivity index (χ0) is 22.1. The molecule has 1 amide bonds. The third-order valence-corrected chi connectivity index (χ3v) is 5.93. The van der Waals surface area contributed by atoms with Gasteiger partial charge in [-0.05, 0) is 69.5 Å². The molecule has 2 aliphatic rings. The molecule has 0 spiro atoms. The molecule has 166 valence electrons. The lowest BCUT2D eigenvalue weighted by atomic mass is 10.1. The van der Waals surface area contributed by atoms with E-state index in [1.165, 1.54) is 12.1 Å². The molecule has 5 rings (SSSR count). The van der Waals surface area contributed by atoms with Crippen LogP contribution in [0, 0.1) is 12.7 Å². The van der Waals surface area contributed by atoms with Gasteiger partial charge >= 0.3 is 0 Å². The maximum Gasteiger partial charge on any atom is 0.254 e. The summed E-state index contributed by atoms with van der Waals surface area (Å²) in [6.45, 7) is 3.81. The van der Waals surface area contributed by atoms with Gasteiger partial charge in [0.1, 0.15) is 11.5 Å². The van der Waals surface area contributed by atoms with Crippen LogP contribution in [-0.4, -0.2) is 51.1 Å². The van der Waals surface area contributed by atoms with Crippen LogP contribution in [0.4, 0.5) is 10.1 Å². The summed E-state index contributed by atoms with van der Waals surface area (Å²) < 4.78 is 16.0. The van der Waals surface area contributed by atoms with Crippen molar-refractivity contribution >= 4 is 11.6 Å². The molecule has 0 atom stereocenters. The molecule has 3 N–H and O–H groups in total. The maximum absolute atomic E-state index is 14.4. The SMILES string of the molecule is Cc1cc(F)c(C(=O)NC2CC2)cc1-n1cc(-c2cncc(NC3CCNCC3)c2)nn1. The van der Waals surface area contributed by atoms with Crippen LogP contribution in [0.2, 0.25) is 0 Å². The van der Waals surface area contributed by atoms with Crippen molar-refractivity contribution in [1.29, 1.82) is 0 Å². The lowest BCUT2D eigenvalue weighted by Gasteiger charge is -2.24. The van der Waals surface area contributed by atoms with Gasteiger partial charge in [0.15, 0.2) is 0 Å². The summed E-state index contributed by atoms with van der Waals surface area (Å²) in [5.74, 6) is -0.932. The third kappa shape index (κ3) is 4.47. The monoisotopic (exact) mass is 435 g/mol. The first-order chi connectivity index (χ1) is 15.6. The molecule has 1 saturated heterocycles. The van der Waals surface area contributed by atoms with E-state index in [1.54, 1.807) is 24.0 Å². The van der Waals surface area contributed by atoms with Crippen LogP contribution in [0.5, 0.6) is 0 Å². The highest BCUT2D eigenvalue weighted by molar-refractivity contribution is 5.95. The van der Waals surface area contributed by atoms with Gasteiger partial charge in [-0.2, -0.15) is 0 Å².